The van der Waals surface area contributed by atoms with Crippen molar-refractivity contribution in [2.75, 3.05) is 12.3 Å². The van der Waals surface area contributed by atoms with Crippen molar-refractivity contribution in [3.63, 3.8) is 0 Å². The Morgan fingerprint density at radius 3 is 2.58 bits per heavy atom. The average Bonchev–Trinajstić information content (AvgIpc) is 3.18. The summed E-state index contributed by atoms with van der Waals surface area (Å²) in [5.41, 5.74) is 10.2. The molecule has 1 atom stereocenters. The third-order valence-corrected chi connectivity index (χ3v) is 5.94. The van der Waals surface area contributed by atoms with Crippen molar-refractivity contribution in [3.05, 3.63) is 83.4 Å². The van der Waals surface area contributed by atoms with Gasteiger partial charge in [0.2, 0.25) is 5.95 Å². The van der Waals surface area contributed by atoms with Crippen LogP contribution in [0.5, 0.6) is 5.75 Å². The van der Waals surface area contributed by atoms with Gasteiger partial charge in [-0.15, -0.1) is 0 Å². The van der Waals surface area contributed by atoms with Gasteiger partial charge in [-0.2, -0.15) is 4.39 Å². The predicted octanol–water partition coefficient (Wildman–Crippen LogP) is 4.54. The van der Waals surface area contributed by atoms with Gasteiger partial charge in [0.15, 0.2) is 0 Å². The number of nitrogens with zero attached hydrogens (tertiary/aromatic N) is 2. The number of benzene rings is 2. The van der Waals surface area contributed by atoms with Gasteiger partial charge in [-0.1, -0.05) is 30.3 Å². The van der Waals surface area contributed by atoms with Crippen molar-refractivity contribution in [2.24, 2.45) is 0 Å². The standard InChI is InChI=1S/C28H31FN4O3/c1-17(2)36-24-11-10-21(16-23(24)30)28(35)31-22(12-14-34)15-19-6-8-20(9-7-19)25-26(29)33-13-4-5-18(3)27(33)32-25/h4-11,13,16-17,22,34H,12,14-15,30H2,1-3H3,(H,31,35)/t22-/m1/s1. The number of nitrogens with one attached hydrogen (secondary N) is 1. The van der Waals surface area contributed by atoms with Crippen LogP contribution >= 0.6 is 0 Å². The molecule has 188 valence electrons. The number of aliphatic hydroxyl groups excluding tert-OH is 1. The molecule has 36 heavy (non-hydrogen) atoms. The molecule has 0 radical (unpaired) electrons. The summed E-state index contributed by atoms with van der Waals surface area (Å²) < 4.78 is 22.0. The SMILES string of the molecule is Cc1cccn2c(F)c(-c3ccc(C[C@@H](CCO)NC(=O)c4ccc(OC(C)C)c(N)c4)cc3)nc12. The van der Waals surface area contributed by atoms with E-state index in [4.69, 9.17) is 10.5 Å². The van der Waals surface area contributed by atoms with Crippen LogP contribution in [0, 0.1) is 12.9 Å². The molecule has 4 aromatic rings. The number of halogens is 1. The van der Waals surface area contributed by atoms with Gasteiger partial charge >= 0.3 is 0 Å². The largest absolute Gasteiger partial charge is 0.489 e. The monoisotopic (exact) mass is 490 g/mol. The van der Waals surface area contributed by atoms with Gasteiger partial charge in [0.25, 0.3) is 5.91 Å². The molecule has 0 unspecified atom stereocenters. The molecule has 4 N–H and O–H groups in total. The first-order valence-electron chi connectivity index (χ1n) is 12.0. The molecule has 8 heteroatoms. The van der Waals surface area contributed by atoms with Gasteiger partial charge in [-0.25, -0.2) is 4.98 Å². The second kappa shape index (κ2) is 10.8. The molecular weight excluding hydrogens is 459 g/mol. The molecule has 0 aliphatic carbocycles. The molecule has 4 rings (SSSR count). The Kier molecular flexibility index (Phi) is 7.55. The maximum atomic E-state index is 14.9. The maximum Gasteiger partial charge on any atom is 0.251 e. The van der Waals surface area contributed by atoms with Gasteiger partial charge < -0.3 is 20.9 Å². The molecular formula is C28H31FN4O3. The molecule has 0 saturated heterocycles. The number of aryl methyl sites for hydroxylation is 1. The number of rotatable bonds is 9. The quantitative estimate of drug-likeness (QED) is 0.299. The zero-order valence-corrected chi connectivity index (χ0v) is 20.7. The fraction of sp³-hybridized carbons (Fsp3) is 0.286. The number of hydrogen-bond donors (Lipinski definition) is 3. The van der Waals surface area contributed by atoms with Crippen LogP contribution in [0.3, 0.4) is 0 Å². The van der Waals surface area contributed by atoms with E-state index < -0.39 is 5.95 Å². The van der Waals surface area contributed by atoms with E-state index in [1.54, 1.807) is 30.5 Å². The van der Waals surface area contributed by atoms with Crippen molar-refractivity contribution in [1.29, 1.82) is 0 Å². The number of carbonyl (C=O) groups excluding carboxylic acids is 1. The first-order valence-corrected chi connectivity index (χ1v) is 12.0. The minimum absolute atomic E-state index is 0.0272. The number of aliphatic hydroxyl groups is 1. The lowest BCUT2D eigenvalue weighted by Crippen LogP contribution is -2.37. The fourth-order valence-corrected chi connectivity index (χ4v) is 4.14. The van der Waals surface area contributed by atoms with Crippen LogP contribution in [-0.2, 0) is 6.42 Å². The van der Waals surface area contributed by atoms with E-state index in [1.165, 1.54) is 4.40 Å². The van der Waals surface area contributed by atoms with Gasteiger partial charge in [0, 0.05) is 30.0 Å². The lowest BCUT2D eigenvalue weighted by molar-refractivity contribution is 0.0930. The molecule has 0 aliphatic rings. The van der Waals surface area contributed by atoms with Crippen molar-refractivity contribution in [1.82, 2.24) is 14.7 Å². The Bertz CT molecular complexity index is 1370. The number of carbonyl (C=O) groups is 1. The molecule has 7 nitrogen and oxygen atoms in total. The lowest BCUT2D eigenvalue weighted by Gasteiger charge is -2.19. The molecule has 0 spiro atoms. The molecule has 1 amide bonds. The summed E-state index contributed by atoms with van der Waals surface area (Å²) in [6.07, 6.45) is 2.52. The number of aromatic nitrogens is 2. The smallest absolute Gasteiger partial charge is 0.251 e. The van der Waals surface area contributed by atoms with Crippen LogP contribution in [0.2, 0.25) is 0 Å². The highest BCUT2D eigenvalue weighted by Crippen LogP contribution is 2.26. The first kappa shape index (κ1) is 25.2. The second-order valence-corrected chi connectivity index (χ2v) is 9.14. The van der Waals surface area contributed by atoms with Gasteiger partial charge in [-0.3, -0.25) is 9.20 Å². The number of anilines is 1. The van der Waals surface area contributed by atoms with Crippen molar-refractivity contribution in [3.8, 4) is 17.0 Å². The van der Waals surface area contributed by atoms with Crippen LogP contribution in [0.4, 0.5) is 10.1 Å². The number of fused-ring (bicyclic) bond motifs is 1. The second-order valence-electron chi connectivity index (χ2n) is 9.14. The topological polar surface area (TPSA) is 102 Å². The minimum Gasteiger partial charge on any atom is -0.489 e. The molecule has 2 aromatic carbocycles. The Hall–Kier alpha value is -3.91. The zero-order chi connectivity index (χ0) is 25.8. The lowest BCUT2D eigenvalue weighted by atomic mass is 10.0. The number of nitrogen functional groups attached to an aromatic ring is 1. The highest BCUT2D eigenvalue weighted by atomic mass is 19.1. The number of amides is 1. The molecule has 2 heterocycles. The van der Waals surface area contributed by atoms with Gasteiger partial charge in [0.05, 0.1) is 11.8 Å². The Labute approximate surface area is 209 Å². The third-order valence-electron chi connectivity index (χ3n) is 5.94. The van der Waals surface area contributed by atoms with Crippen molar-refractivity contribution in [2.45, 2.75) is 45.8 Å². The maximum absolute atomic E-state index is 14.9. The third kappa shape index (κ3) is 5.49. The minimum atomic E-state index is -0.407. The summed E-state index contributed by atoms with van der Waals surface area (Å²) in [4.78, 5) is 17.3. The van der Waals surface area contributed by atoms with Crippen LogP contribution < -0.4 is 15.8 Å². The highest BCUT2D eigenvalue weighted by Gasteiger charge is 2.18. The Morgan fingerprint density at radius 2 is 1.94 bits per heavy atom. The summed E-state index contributed by atoms with van der Waals surface area (Å²) >= 11 is 0. The molecule has 2 aromatic heterocycles. The van der Waals surface area contributed by atoms with E-state index in [2.05, 4.69) is 10.3 Å². The molecule has 0 bridgehead atoms. The number of hydrogen-bond acceptors (Lipinski definition) is 5. The Balaban J connectivity index is 1.47. The van der Waals surface area contributed by atoms with Crippen LogP contribution in [0.25, 0.3) is 16.9 Å². The Morgan fingerprint density at radius 1 is 1.19 bits per heavy atom. The summed E-state index contributed by atoms with van der Waals surface area (Å²) in [6.45, 7) is 5.63. The van der Waals surface area contributed by atoms with Crippen molar-refractivity contribution >= 4 is 17.2 Å². The first-order chi connectivity index (χ1) is 17.3. The molecule has 0 fully saturated rings. The van der Waals surface area contributed by atoms with E-state index in [0.717, 1.165) is 11.1 Å². The highest BCUT2D eigenvalue weighted by molar-refractivity contribution is 5.95. The summed E-state index contributed by atoms with van der Waals surface area (Å²) in [7, 11) is 0. The van der Waals surface area contributed by atoms with Crippen molar-refractivity contribution < 1.29 is 19.0 Å². The van der Waals surface area contributed by atoms with Crippen LogP contribution in [0.15, 0.2) is 60.8 Å². The van der Waals surface area contributed by atoms with E-state index in [1.807, 2.05) is 51.1 Å². The zero-order valence-electron chi connectivity index (χ0n) is 20.7. The predicted molar refractivity (Wildman–Crippen MR) is 139 cm³/mol. The summed E-state index contributed by atoms with van der Waals surface area (Å²) in [5.74, 6) is -0.156. The summed E-state index contributed by atoms with van der Waals surface area (Å²) in [6, 6.07) is 15.7. The van der Waals surface area contributed by atoms with E-state index in [9.17, 15) is 14.3 Å². The average molecular weight is 491 g/mol. The summed E-state index contributed by atoms with van der Waals surface area (Å²) in [5, 5.41) is 12.5. The van der Waals surface area contributed by atoms with Gasteiger partial charge in [-0.05, 0) is 69.0 Å². The van der Waals surface area contributed by atoms with Crippen LogP contribution in [-0.4, -0.2) is 39.2 Å². The van der Waals surface area contributed by atoms with E-state index >= 15 is 0 Å². The van der Waals surface area contributed by atoms with Crippen LogP contribution in [0.1, 0.15) is 41.8 Å². The molecule has 0 saturated carbocycles. The number of pyridine rings is 1. The number of nitrogens with two attached hydrogens (primary N) is 1. The van der Waals surface area contributed by atoms with E-state index in [0.29, 0.717) is 46.7 Å². The molecule has 0 aliphatic heterocycles. The number of imidazole rings is 1. The van der Waals surface area contributed by atoms with Gasteiger partial charge in [0.1, 0.15) is 17.1 Å². The van der Waals surface area contributed by atoms with E-state index in [-0.39, 0.29) is 24.7 Å². The fourth-order valence-electron chi connectivity index (χ4n) is 4.14. The number of ether oxygens (including phenoxy) is 1. The normalized spacial score (nSPS) is 12.2.